The van der Waals surface area contributed by atoms with Crippen molar-refractivity contribution in [2.75, 3.05) is 21.1 Å². The van der Waals surface area contributed by atoms with Crippen LogP contribution in [0, 0.1) is 11.8 Å². The van der Waals surface area contributed by atoms with E-state index >= 15 is 0 Å². The number of fused-ring (bicyclic) bond motifs is 1. The summed E-state index contributed by atoms with van der Waals surface area (Å²) in [6.07, 6.45) is 4.91. The van der Waals surface area contributed by atoms with Crippen molar-refractivity contribution in [3.63, 3.8) is 0 Å². The molecule has 2 fully saturated rings. The number of carbonyl (C=O) groups excluding carboxylic acids is 1. The molecule has 0 saturated heterocycles. The highest BCUT2D eigenvalue weighted by Gasteiger charge is 2.44. The van der Waals surface area contributed by atoms with Gasteiger partial charge in [-0.1, -0.05) is 11.6 Å². The third kappa shape index (κ3) is 2.99. The smallest absolute Gasteiger partial charge is 0.263 e. The van der Waals surface area contributed by atoms with E-state index in [2.05, 4.69) is 19.0 Å². The zero-order chi connectivity index (χ0) is 15.1. The van der Waals surface area contributed by atoms with E-state index in [1.807, 2.05) is 18.0 Å². The molecule has 0 N–H and O–H groups in total. The van der Waals surface area contributed by atoms with Crippen molar-refractivity contribution in [3.05, 3.63) is 21.3 Å². The highest BCUT2D eigenvalue weighted by atomic mass is 35.5. The Morgan fingerprint density at radius 2 is 1.67 bits per heavy atom. The van der Waals surface area contributed by atoms with Crippen LogP contribution in [0.3, 0.4) is 0 Å². The molecule has 1 aromatic heterocycles. The topological polar surface area (TPSA) is 23.6 Å². The van der Waals surface area contributed by atoms with Gasteiger partial charge >= 0.3 is 0 Å². The lowest BCUT2D eigenvalue weighted by Gasteiger charge is -2.26. The van der Waals surface area contributed by atoms with E-state index in [9.17, 15) is 4.79 Å². The fourth-order valence-corrected chi connectivity index (χ4v) is 5.09. The maximum atomic E-state index is 12.5. The largest absolute Gasteiger partial charge is 0.338 e. The fraction of sp³-hybridized carbons (Fsp3) is 0.688. The molecular weight excluding hydrogens is 304 g/mol. The van der Waals surface area contributed by atoms with E-state index in [-0.39, 0.29) is 5.91 Å². The van der Waals surface area contributed by atoms with Gasteiger partial charge in [0.15, 0.2) is 0 Å². The number of halogens is 1. The van der Waals surface area contributed by atoms with Gasteiger partial charge in [-0.2, -0.15) is 0 Å². The molecule has 0 bridgehead atoms. The second kappa shape index (κ2) is 5.90. The molecule has 4 atom stereocenters. The highest BCUT2D eigenvalue weighted by molar-refractivity contribution is 7.17. The summed E-state index contributed by atoms with van der Waals surface area (Å²) in [5, 5.41) is 0. The first-order valence-electron chi connectivity index (χ1n) is 7.64. The Kier molecular flexibility index (Phi) is 4.30. The number of nitrogens with zero attached hydrogens (tertiary/aromatic N) is 2. The van der Waals surface area contributed by atoms with E-state index < -0.39 is 0 Å². The van der Waals surface area contributed by atoms with Crippen LogP contribution in [-0.4, -0.2) is 48.9 Å². The maximum absolute atomic E-state index is 12.5. The van der Waals surface area contributed by atoms with Gasteiger partial charge in [-0.05, 0) is 63.7 Å². The van der Waals surface area contributed by atoms with Crippen molar-refractivity contribution in [1.29, 1.82) is 0 Å². The molecule has 0 aromatic carbocycles. The van der Waals surface area contributed by atoms with E-state index in [0.717, 1.165) is 35.6 Å². The summed E-state index contributed by atoms with van der Waals surface area (Å²) >= 11 is 7.31. The molecule has 1 amide bonds. The van der Waals surface area contributed by atoms with E-state index in [4.69, 9.17) is 11.6 Å². The molecule has 1 heterocycles. The Morgan fingerprint density at radius 1 is 1.10 bits per heavy atom. The number of rotatable bonds is 3. The first kappa shape index (κ1) is 15.3. The van der Waals surface area contributed by atoms with Crippen LogP contribution in [0.25, 0.3) is 0 Å². The summed E-state index contributed by atoms with van der Waals surface area (Å²) in [4.78, 5) is 17.6. The standard InChI is InChI=1S/C16H23ClN2OS/c1-18(2)12-6-10-8-13(9-11(10)7-12)19(3)16(20)14-4-5-15(17)21-14/h4-5,10-13H,6-9H2,1-3H3/t10-,11+,12?,13?. The summed E-state index contributed by atoms with van der Waals surface area (Å²) in [5.74, 6) is 1.72. The Bertz CT molecular complexity index is 516. The zero-order valence-electron chi connectivity index (χ0n) is 12.9. The van der Waals surface area contributed by atoms with Crippen molar-refractivity contribution in [2.45, 2.75) is 37.8 Å². The van der Waals surface area contributed by atoms with Gasteiger partial charge in [-0.3, -0.25) is 4.79 Å². The Morgan fingerprint density at radius 3 is 2.14 bits per heavy atom. The molecule has 0 aliphatic heterocycles. The third-order valence-electron chi connectivity index (χ3n) is 5.35. The number of amides is 1. The molecule has 2 aliphatic carbocycles. The molecule has 3 nitrogen and oxygen atoms in total. The Hall–Kier alpha value is -0.580. The van der Waals surface area contributed by atoms with Crippen molar-refractivity contribution < 1.29 is 4.79 Å². The summed E-state index contributed by atoms with van der Waals surface area (Å²) in [6.45, 7) is 0. The average Bonchev–Trinajstić information content (AvgIpc) is 3.09. The minimum Gasteiger partial charge on any atom is -0.338 e. The molecule has 2 saturated carbocycles. The van der Waals surface area contributed by atoms with Crippen LogP contribution in [0.4, 0.5) is 0 Å². The molecule has 0 spiro atoms. The van der Waals surface area contributed by atoms with E-state index in [1.54, 1.807) is 6.07 Å². The van der Waals surface area contributed by atoms with Crippen LogP contribution in [0.1, 0.15) is 35.4 Å². The monoisotopic (exact) mass is 326 g/mol. The second-order valence-corrected chi connectivity index (χ2v) is 8.47. The first-order chi connectivity index (χ1) is 9.95. The van der Waals surface area contributed by atoms with Crippen LogP contribution < -0.4 is 0 Å². The van der Waals surface area contributed by atoms with Gasteiger partial charge in [-0.25, -0.2) is 0 Å². The molecular formula is C16H23ClN2OS. The minimum atomic E-state index is 0.126. The molecule has 2 aliphatic rings. The predicted octanol–water partition coefficient (Wildman–Crippen LogP) is 3.59. The van der Waals surface area contributed by atoms with Gasteiger partial charge in [0.05, 0.1) is 9.21 Å². The number of hydrogen-bond donors (Lipinski definition) is 0. The van der Waals surface area contributed by atoms with Gasteiger partial charge in [0, 0.05) is 19.1 Å². The van der Waals surface area contributed by atoms with Gasteiger partial charge in [0.25, 0.3) is 5.91 Å². The summed E-state index contributed by atoms with van der Waals surface area (Å²) in [7, 11) is 6.31. The van der Waals surface area contributed by atoms with Crippen molar-refractivity contribution in [3.8, 4) is 0 Å². The third-order valence-corrected chi connectivity index (χ3v) is 6.57. The molecule has 2 unspecified atom stereocenters. The lowest BCUT2D eigenvalue weighted by molar-refractivity contribution is 0.0731. The van der Waals surface area contributed by atoms with Crippen LogP contribution >= 0.6 is 22.9 Å². The number of thiophene rings is 1. The quantitative estimate of drug-likeness (QED) is 0.847. The molecule has 0 radical (unpaired) electrons. The average molecular weight is 327 g/mol. The molecule has 3 rings (SSSR count). The number of carbonyl (C=O) groups is 1. The number of hydrogen-bond acceptors (Lipinski definition) is 3. The van der Waals surface area contributed by atoms with Crippen LogP contribution in [0.5, 0.6) is 0 Å². The van der Waals surface area contributed by atoms with Gasteiger partial charge < -0.3 is 9.80 Å². The molecule has 21 heavy (non-hydrogen) atoms. The van der Waals surface area contributed by atoms with Gasteiger partial charge in [-0.15, -0.1) is 11.3 Å². The predicted molar refractivity (Wildman–Crippen MR) is 88.1 cm³/mol. The van der Waals surface area contributed by atoms with Gasteiger partial charge in [0.1, 0.15) is 0 Å². The lowest BCUT2D eigenvalue weighted by Crippen LogP contribution is -2.36. The van der Waals surface area contributed by atoms with Crippen LogP contribution in [0.15, 0.2) is 12.1 Å². The van der Waals surface area contributed by atoms with Crippen molar-refractivity contribution >= 4 is 28.8 Å². The minimum absolute atomic E-state index is 0.126. The lowest BCUT2D eigenvalue weighted by atomic mass is 10.0. The summed E-state index contributed by atoms with van der Waals surface area (Å²) in [5.41, 5.74) is 0. The SMILES string of the molecule is CN(C)C1C[C@@H]2CC(N(C)C(=O)c3ccc(Cl)s3)C[C@@H]2C1. The summed E-state index contributed by atoms with van der Waals surface area (Å²) < 4.78 is 0.684. The summed E-state index contributed by atoms with van der Waals surface area (Å²) in [6, 6.07) is 4.77. The van der Waals surface area contributed by atoms with Crippen LogP contribution in [0.2, 0.25) is 4.34 Å². The van der Waals surface area contributed by atoms with Crippen molar-refractivity contribution in [2.24, 2.45) is 11.8 Å². The Balaban J connectivity index is 1.61. The van der Waals surface area contributed by atoms with Gasteiger partial charge in [0.2, 0.25) is 0 Å². The first-order valence-corrected chi connectivity index (χ1v) is 8.84. The Labute approximate surface area is 135 Å². The van der Waals surface area contributed by atoms with E-state index in [1.165, 1.54) is 24.2 Å². The van der Waals surface area contributed by atoms with Crippen LogP contribution in [-0.2, 0) is 0 Å². The normalized spacial score (nSPS) is 31.7. The zero-order valence-corrected chi connectivity index (χ0v) is 14.5. The maximum Gasteiger partial charge on any atom is 0.263 e. The fourth-order valence-electron chi connectivity index (χ4n) is 4.06. The molecule has 116 valence electrons. The second-order valence-electron chi connectivity index (χ2n) is 6.75. The van der Waals surface area contributed by atoms with Crippen molar-refractivity contribution in [1.82, 2.24) is 9.80 Å². The van der Waals surface area contributed by atoms with E-state index in [0.29, 0.717) is 10.4 Å². The molecule has 1 aromatic rings. The highest BCUT2D eigenvalue weighted by Crippen LogP contribution is 2.46. The molecule has 5 heteroatoms.